The Kier molecular flexibility index (Phi) is 10.2. The summed E-state index contributed by atoms with van der Waals surface area (Å²) in [5, 5.41) is 22.9. The second kappa shape index (κ2) is 12.7. The summed E-state index contributed by atoms with van der Waals surface area (Å²) in [6, 6.07) is 9.44. The van der Waals surface area contributed by atoms with Gasteiger partial charge in [-0.2, -0.15) is 0 Å². The predicted molar refractivity (Wildman–Crippen MR) is 160 cm³/mol. The molecule has 0 heterocycles. The van der Waals surface area contributed by atoms with Crippen LogP contribution in [0.15, 0.2) is 24.3 Å². The van der Waals surface area contributed by atoms with Crippen LogP contribution in [0.4, 0.5) is 0 Å². The van der Waals surface area contributed by atoms with E-state index in [0.29, 0.717) is 35.2 Å². The van der Waals surface area contributed by atoms with Gasteiger partial charge in [-0.05, 0) is 95.6 Å². The summed E-state index contributed by atoms with van der Waals surface area (Å²) in [6.45, 7) is 17.9. The Balaban J connectivity index is 2.40. The van der Waals surface area contributed by atoms with Crippen molar-refractivity contribution in [3.63, 3.8) is 0 Å². The molecule has 0 aromatic heterocycles. The van der Waals surface area contributed by atoms with Crippen molar-refractivity contribution in [2.75, 3.05) is 0 Å². The molecule has 0 aliphatic heterocycles. The van der Waals surface area contributed by atoms with Gasteiger partial charge in [-0.25, -0.2) is 0 Å². The van der Waals surface area contributed by atoms with E-state index in [4.69, 9.17) is 0 Å². The Morgan fingerprint density at radius 2 is 0.811 bits per heavy atom. The topological polar surface area (TPSA) is 40.5 Å². The second-order valence-electron chi connectivity index (χ2n) is 12.2. The minimum absolute atomic E-state index is 0.0905. The molecule has 4 unspecified atom stereocenters. The van der Waals surface area contributed by atoms with E-state index in [1.54, 1.807) is 0 Å². The summed E-state index contributed by atoms with van der Waals surface area (Å²) in [5.74, 6) is 2.30. The highest BCUT2D eigenvalue weighted by atomic mass is 16.3. The smallest absolute Gasteiger partial charge is 0.122 e. The lowest BCUT2D eigenvalue weighted by molar-refractivity contribution is 0.425. The summed E-state index contributed by atoms with van der Waals surface area (Å²) >= 11 is 0. The molecule has 3 rings (SSSR count). The van der Waals surface area contributed by atoms with Crippen LogP contribution in [0.1, 0.15) is 177 Å². The first-order chi connectivity index (χ1) is 17.6. The largest absolute Gasteiger partial charge is 0.507 e. The molecule has 2 heteroatoms. The van der Waals surface area contributed by atoms with E-state index >= 15 is 0 Å². The molecule has 37 heavy (non-hydrogen) atoms. The van der Waals surface area contributed by atoms with E-state index in [0.717, 1.165) is 60.8 Å². The van der Waals surface area contributed by atoms with Gasteiger partial charge in [0.2, 0.25) is 0 Å². The number of phenolic OH excluding ortho intramolecular Hbond substituents is 2. The molecule has 4 atom stereocenters. The summed E-state index contributed by atoms with van der Waals surface area (Å²) in [7, 11) is 0. The van der Waals surface area contributed by atoms with Crippen molar-refractivity contribution in [2.24, 2.45) is 0 Å². The maximum atomic E-state index is 11.4. The van der Waals surface area contributed by atoms with Crippen LogP contribution >= 0.6 is 0 Å². The molecule has 206 valence electrons. The van der Waals surface area contributed by atoms with Gasteiger partial charge in [0.05, 0.1) is 0 Å². The van der Waals surface area contributed by atoms with E-state index in [2.05, 4.69) is 79.7 Å². The first-order valence-electron chi connectivity index (χ1n) is 15.4. The molecule has 2 aromatic carbocycles. The molecule has 0 amide bonds. The summed E-state index contributed by atoms with van der Waals surface area (Å²) in [5.41, 5.74) is 7.13. The number of benzene rings is 2. The van der Waals surface area contributed by atoms with Gasteiger partial charge in [0.1, 0.15) is 11.5 Å². The molecule has 1 fully saturated rings. The zero-order chi connectivity index (χ0) is 27.3. The Hall–Kier alpha value is -1.96. The Morgan fingerprint density at radius 1 is 0.541 bits per heavy atom. The van der Waals surface area contributed by atoms with Crippen LogP contribution in [0.3, 0.4) is 0 Å². The quantitative estimate of drug-likeness (QED) is 0.315. The van der Waals surface area contributed by atoms with Crippen molar-refractivity contribution in [2.45, 2.75) is 149 Å². The van der Waals surface area contributed by atoms with E-state index in [1.165, 1.54) is 36.8 Å². The standard InChI is InChI=1S/C35H54O2/c1-9-23(5)29-19-27(20-30(33(29)36)24(6)10-2)35(17-15-13-14-16-18-35)28-21-31(25(7)11-3)34(37)32(22-28)26(8)12-4/h19-26,36-37H,9-18H2,1-8H3. The summed E-state index contributed by atoms with van der Waals surface area (Å²) in [6.07, 6.45) is 11.3. The lowest BCUT2D eigenvalue weighted by Crippen LogP contribution is -2.28. The van der Waals surface area contributed by atoms with E-state index in [1.807, 2.05) is 0 Å². The maximum Gasteiger partial charge on any atom is 0.122 e. The first kappa shape index (κ1) is 29.6. The van der Waals surface area contributed by atoms with Crippen molar-refractivity contribution in [1.82, 2.24) is 0 Å². The van der Waals surface area contributed by atoms with Gasteiger partial charge in [-0.1, -0.05) is 105 Å². The average Bonchev–Trinajstić information content (AvgIpc) is 3.18. The zero-order valence-corrected chi connectivity index (χ0v) is 25.1. The van der Waals surface area contributed by atoms with Crippen LogP contribution in [0.5, 0.6) is 11.5 Å². The third-order valence-corrected chi connectivity index (χ3v) is 9.97. The number of rotatable bonds is 10. The molecule has 2 N–H and O–H groups in total. The summed E-state index contributed by atoms with van der Waals surface area (Å²) < 4.78 is 0. The van der Waals surface area contributed by atoms with E-state index < -0.39 is 0 Å². The van der Waals surface area contributed by atoms with Crippen LogP contribution < -0.4 is 0 Å². The number of aromatic hydroxyl groups is 2. The predicted octanol–water partition coefficient (Wildman–Crippen LogP) is 10.8. The van der Waals surface area contributed by atoms with Gasteiger partial charge >= 0.3 is 0 Å². The molecule has 1 saturated carbocycles. The van der Waals surface area contributed by atoms with Gasteiger partial charge < -0.3 is 10.2 Å². The van der Waals surface area contributed by atoms with Crippen LogP contribution in [0.2, 0.25) is 0 Å². The normalized spacial score (nSPS) is 19.1. The van der Waals surface area contributed by atoms with Crippen LogP contribution in [0, 0.1) is 0 Å². The number of phenols is 2. The minimum atomic E-state index is -0.0905. The fourth-order valence-electron chi connectivity index (χ4n) is 6.37. The molecule has 1 aliphatic rings. The Morgan fingerprint density at radius 3 is 1.05 bits per heavy atom. The number of hydrogen-bond acceptors (Lipinski definition) is 2. The highest BCUT2D eigenvalue weighted by molar-refractivity contribution is 5.55. The molecular weight excluding hydrogens is 452 g/mol. The van der Waals surface area contributed by atoms with Crippen molar-refractivity contribution in [3.05, 3.63) is 57.6 Å². The Labute approximate surface area is 227 Å². The molecule has 2 aromatic rings. The molecular formula is C35H54O2. The van der Waals surface area contributed by atoms with Crippen LogP contribution in [0.25, 0.3) is 0 Å². The third kappa shape index (κ3) is 5.89. The van der Waals surface area contributed by atoms with Crippen LogP contribution in [-0.4, -0.2) is 10.2 Å². The lowest BCUT2D eigenvalue weighted by atomic mass is 9.66. The SMILES string of the molecule is CCC(C)c1cc(C2(c3cc(C(C)CC)c(O)c(C(C)CC)c3)CCCCCC2)cc(C(C)CC)c1O. The van der Waals surface area contributed by atoms with Gasteiger partial charge in [-0.3, -0.25) is 0 Å². The second-order valence-corrected chi connectivity index (χ2v) is 12.2. The number of hydrogen-bond donors (Lipinski definition) is 2. The molecule has 2 nitrogen and oxygen atoms in total. The monoisotopic (exact) mass is 506 g/mol. The van der Waals surface area contributed by atoms with Crippen LogP contribution in [-0.2, 0) is 5.41 Å². The van der Waals surface area contributed by atoms with E-state index in [9.17, 15) is 10.2 Å². The fourth-order valence-corrected chi connectivity index (χ4v) is 6.37. The van der Waals surface area contributed by atoms with Gasteiger partial charge in [0, 0.05) is 5.41 Å². The van der Waals surface area contributed by atoms with Gasteiger partial charge in [0.25, 0.3) is 0 Å². The summed E-state index contributed by atoms with van der Waals surface area (Å²) in [4.78, 5) is 0. The molecule has 0 radical (unpaired) electrons. The van der Waals surface area contributed by atoms with Crippen molar-refractivity contribution < 1.29 is 10.2 Å². The van der Waals surface area contributed by atoms with Crippen molar-refractivity contribution in [1.29, 1.82) is 0 Å². The van der Waals surface area contributed by atoms with Crippen molar-refractivity contribution in [3.8, 4) is 11.5 Å². The fraction of sp³-hybridized carbons (Fsp3) is 0.657. The first-order valence-corrected chi connectivity index (χ1v) is 15.4. The van der Waals surface area contributed by atoms with Gasteiger partial charge in [0.15, 0.2) is 0 Å². The molecule has 0 spiro atoms. The maximum absolute atomic E-state index is 11.4. The molecule has 0 bridgehead atoms. The van der Waals surface area contributed by atoms with E-state index in [-0.39, 0.29) is 5.41 Å². The van der Waals surface area contributed by atoms with Gasteiger partial charge in [-0.15, -0.1) is 0 Å². The highest BCUT2D eigenvalue weighted by Crippen LogP contribution is 2.50. The third-order valence-electron chi connectivity index (χ3n) is 9.97. The highest BCUT2D eigenvalue weighted by Gasteiger charge is 2.38. The minimum Gasteiger partial charge on any atom is -0.507 e. The van der Waals surface area contributed by atoms with Crippen molar-refractivity contribution >= 4 is 0 Å². The molecule has 0 saturated heterocycles. The zero-order valence-electron chi connectivity index (χ0n) is 25.1. The molecule has 1 aliphatic carbocycles. The Bertz CT molecular complexity index is 890. The average molecular weight is 507 g/mol. The lowest BCUT2D eigenvalue weighted by Gasteiger charge is -2.37.